The van der Waals surface area contributed by atoms with E-state index < -0.39 is 150 Å². The molecule has 0 aliphatic carbocycles. The molecular formula is C121H113NO24Si2. The normalized spacial score (nSPS) is 17.0. The van der Waals surface area contributed by atoms with Crippen LogP contribution in [0.3, 0.4) is 0 Å². The van der Waals surface area contributed by atoms with E-state index in [2.05, 4.69) is 0 Å². The number of hydrogen-bond acceptors (Lipinski definition) is 24. The summed E-state index contributed by atoms with van der Waals surface area (Å²) in [7, 11) is -6.68. The fraction of sp³-hybridized carbons (Fsp3) is 0.223. The first kappa shape index (κ1) is 102. The van der Waals surface area contributed by atoms with Gasteiger partial charge in [-0.2, -0.15) is 0 Å². The number of Topliss-reactive ketones (excluding diaryl/α,β-unsaturated/α-hetero) is 4. The summed E-state index contributed by atoms with van der Waals surface area (Å²) >= 11 is 0. The van der Waals surface area contributed by atoms with Gasteiger partial charge >= 0.3 is 0 Å². The molecular weight excluding hydrogens is 1910 g/mol. The number of rotatable bonds is 39. The zero-order valence-electron chi connectivity index (χ0n) is 83.5. The van der Waals surface area contributed by atoms with Crippen molar-refractivity contribution in [3.8, 4) is 114 Å². The highest BCUT2D eigenvalue weighted by Crippen LogP contribution is 2.63. The van der Waals surface area contributed by atoms with Gasteiger partial charge in [-0.3, -0.25) is 29.3 Å². The Bertz CT molecular complexity index is 7200. The predicted octanol–water partition coefficient (Wildman–Crippen LogP) is 24.3. The number of ketones is 4. The van der Waals surface area contributed by atoms with Crippen LogP contribution in [0.25, 0.3) is 44.5 Å². The maximum absolute atomic E-state index is 19.4. The predicted molar refractivity (Wildman–Crippen MR) is 565 cm³/mol. The molecule has 15 aromatic carbocycles. The van der Waals surface area contributed by atoms with Crippen molar-refractivity contribution in [2.45, 2.75) is 159 Å². The van der Waals surface area contributed by atoms with Gasteiger partial charge < -0.3 is 86.1 Å². The van der Waals surface area contributed by atoms with Crippen molar-refractivity contribution in [2.75, 3.05) is 13.6 Å². The molecule has 4 N–H and O–H groups in total. The van der Waals surface area contributed by atoms with Crippen LogP contribution in [0.1, 0.15) is 122 Å². The molecule has 4 bridgehead atoms. The number of para-hydroxylation sites is 1. The van der Waals surface area contributed by atoms with Gasteiger partial charge in [0.1, 0.15) is 74.5 Å². The van der Waals surface area contributed by atoms with E-state index in [-0.39, 0.29) is 119 Å². The van der Waals surface area contributed by atoms with Gasteiger partial charge in [-0.1, -0.05) is 357 Å². The van der Waals surface area contributed by atoms with Crippen molar-refractivity contribution in [1.29, 1.82) is 0 Å². The lowest BCUT2D eigenvalue weighted by molar-refractivity contribution is -0.387. The molecule has 6 atom stereocenters. The first-order chi connectivity index (χ1) is 71.3. The minimum atomic E-state index is -4.96. The number of hydrogen-bond donors (Lipinski definition) is 4. The number of carbonyl (C=O) groups is 4. The summed E-state index contributed by atoms with van der Waals surface area (Å²) in [4.78, 5) is 88.4. The number of aliphatic hydroxyl groups is 4. The van der Waals surface area contributed by atoms with Crippen molar-refractivity contribution >= 4 is 45.5 Å². The molecule has 0 radical (unpaired) electrons. The highest BCUT2D eigenvalue weighted by molar-refractivity contribution is 6.75. The van der Waals surface area contributed by atoms with Gasteiger partial charge in [-0.05, 0) is 122 Å². The number of ether oxygens (including phenoxy) is 12. The van der Waals surface area contributed by atoms with Crippen LogP contribution in [0.2, 0.25) is 36.3 Å². The van der Waals surface area contributed by atoms with Crippen molar-refractivity contribution in [1.82, 2.24) is 0 Å². The molecule has 1 unspecified atom stereocenters. The van der Waals surface area contributed by atoms with Crippen LogP contribution in [0, 0.1) is 10.1 Å². The van der Waals surface area contributed by atoms with Crippen LogP contribution in [-0.2, 0) is 55.7 Å². The topological polar surface area (TPSA) is 322 Å². The van der Waals surface area contributed by atoms with E-state index >= 15 is 39.6 Å². The fourth-order valence-corrected chi connectivity index (χ4v) is 20.0. The lowest BCUT2D eigenvalue weighted by atomic mass is 9.57. The molecule has 1 fully saturated rings. The minimum Gasteiger partial charge on any atom is -0.541 e. The van der Waals surface area contributed by atoms with E-state index in [1.54, 1.807) is 249 Å². The smallest absolute Gasteiger partial charge is 0.274 e. The summed E-state index contributed by atoms with van der Waals surface area (Å²) in [5, 5.41) is 77.1. The second kappa shape index (κ2) is 43.1. The zero-order chi connectivity index (χ0) is 104. The van der Waals surface area contributed by atoms with Gasteiger partial charge in [-0.25, -0.2) is 0 Å². The number of nitro benzene ring substituents is 1. The Morgan fingerprint density at radius 1 is 0.365 bits per heavy atom. The van der Waals surface area contributed by atoms with Crippen LogP contribution < -0.4 is 56.2 Å². The largest absolute Gasteiger partial charge is 0.541 e. The number of benzene rings is 15. The number of nitro groups is 1. The molecule has 0 amide bonds. The van der Waals surface area contributed by atoms with Crippen molar-refractivity contribution in [3.63, 3.8) is 0 Å². The summed E-state index contributed by atoms with van der Waals surface area (Å²) in [6.45, 7) is 15.7. The average Bonchev–Trinajstić information content (AvgIpc) is 0.666. The van der Waals surface area contributed by atoms with E-state index in [1.807, 2.05) is 122 Å². The van der Waals surface area contributed by atoms with Crippen molar-refractivity contribution in [2.24, 2.45) is 0 Å². The van der Waals surface area contributed by atoms with Gasteiger partial charge in [0.15, 0.2) is 57.9 Å². The summed E-state index contributed by atoms with van der Waals surface area (Å²) in [5.74, 6) is -10.8. The molecule has 0 spiro atoms. The monoisotopic (exact) mass is 2020 g/mol. The maximum atomic E-state index is 19.4. The molecule has 25 nitrogen and oxygen atoms in total. The molecule has 27 heteroatoms. The molecule has 1 saturated heterocycles. The quantitative estimate of drug-likeness (QED) is 0.0120. The fourth-order valence-electron chi connectivity index (χ4n) is 18.0. The Morgan fingerprint density at radius 2 is 0.655 bits per heavy atom. The van der Waals surface area contributed by atoms with E-state index in [0.29, 0.717) is 61.2 Å². The number of nitrogens with zero attached hydrogens (tertiary/aromatic N) is 1. The molecule has 148 heavy (non-hydrogen) atoms. The standard InChI is InChI=1S/C121H113NO24Si2/c1-117(2,3)147(7,8)145-110-98(86-59-37-19-38-60-86)96(84-55-33-17-34-56-84)106-100(108(110)142-76-140-106)102(123)103(124)115-119(128,114(127)101-107-97(85-57-35-18-36-58-85)99(87-61-39-20-40-62-87)111(109(101)143-77-141-107)146-148(9,10)118(4,5)6)121(130,113(126)90-67-94(135-71-80-47-25-13-26-48-80)105(138-74-83-53-31-16-32-54-83)95(68-90)136-72-81-49-27-14-28-50-81)120(129,116(144-115)139-75-88-63-41-42-64-91(88)122(131)132)112(125)89-65-92(133-69-78-43-21-11-22-44-78)104(137-73-82-51-29-15-30-52-82)93(66-89)134-70-79-45-23-12-24-46-79/h11-68,103,115-116,124,128-130H,69-77H2,1-10H3/t103?,115-,116-,119-,120+,121+/m1/s1. The average molecular weight is 2020 g/mol. The third-order valence-corrected chi connectivity index (χ3v) is 36.5. The summed E-state index contributed by atoms with van der Waals surface area (Å²) < 4.78 is 98.1. The van der Waals surface area contributed by atoms with E-state index in [1.165, 1.54) is 18.2 Å². The first-order valence-corrected chi connectivity index (χ1v) is 54.6. The van der Waals surface area contributed by atoms with E-state index in [9.17, 15) is 10.1 Å². The minimum absolute atomic E-state index is 0.0260. The molecule has 3 heterocycles. The zero-order valence-corrected chi connectivity index (χ0v) is 85.5. The Labute approximate surface area is 860 Å². The van der Waals surface area contributed by atoms with Crippen LogP contribution in [-0.4, -0.2) is 114 Å². The molecule has 0 aromatic heterocycles. The Hall–Kier alpha value is -15.8. The van der Waals surface area contributed by atoms with Gasteiger partial charge in [0.05, 0.1) is 17.1 Å². The maximum Gasteiger partial charge on any atom is 0.274 e. The highest BCUT2D eigenvalue weighted by Gasteiger charge is 2.83. The van der Waals surface area contributed by atoms with Crippen LogP contribution in [0.4, 0.5) is 5.69 Å². The molecule has 15 aromatic rings. The number of aliphatic hydroxyl groups excluding tert-OH is 1. The highest BCUT2D eigenvalue weighted by atomic mass is 28.4. The Kier molecular flexibility index (Phi) is 29.7. The summed E-state index contributed by atoms with van der Waals surface area (Å²) in [6, 6.07) is 98.7. The number of fused-ring (bicyclic) bond motifs is 4. The molecule has 0 saturated carbocycles. The third kappa shape index (κ3) is 20.4. The van der Waals surface area contributed by atoms with Crippen LogP contribution in [0.15, 0.2) is 352 Å². The van der Waals surface area contributed by atoms with E-state index in [0.717, 1.165) is 30.3 Å². The summed E-state index contributed by atoms with van der Waals surface area (Å²) in [5.41, 5.74) is -12.3. The van der Waals surface area contributed by atoms with Crippen LogP contribution in [0.5, 0.6) is 69.0 Å². The van der Waals surface area contributed by atoms with Crippen LogP contribution >= 0.6 is 0 Å². The lowest BCUT2D eigenvalue weighted by Crippen LogP contribution is -2.88. The van der Waals surface area contributed by atoms with Gasteiger partial charge in [0.25, 0.3) is 22.3 Å². The third-order valence-electron chi connectivity index (χ3n) is 27.8. The van der Waals surface area contributed by atoms with Gasteiger partial charge in [0.2, 0.25) is 59.4 Å². The van der Waals surface area contributed by atoms with Gasteiger partial charge in [-0.15, -0.1) is 0 Å². The SMILES string of the molecule is CC(C)(C)[Si](C)(C)Oc1c2c(C(=O)C(O)[C@H]3O[C@@H](OCc4ccccc4[N+](=O)[O-])[C@@](O)(C(=O)c4cc(OCc5ccccc5)c(OCc5ccccc5)c(OCc5ccccc5)c4)[C@](O)(C(=O)c4cc(OCc5ccccc5)c(OCc5ccccc5)c(OCc5ccccc5)c4)[C@@]3(O)C(=O)c3c4c(O[Si](C)(C)C(C)(C)C)c(-c5ccccc5)c(-c5ccccc5)c3OCO4)c(c(-c3ccccc3)c1-c1ccccc1)OCO2. The Balaban J connectivity index is 0.999. The van der Waals surface area contributed by atoms with Crippen molar-refractivity contribution in [3.05, 3.63) is 423 Å². The summed E-state index contributed by atoms with van der Waals surface area (Å²) in [6.07, 6.45) is -9.96. The molecule has 754 valence electrons. The molecule has 3 aliphatic rings. The molecule has 18 rings (SSSR count). The first-order valence-electron chi connectivity index (χ1n) is 48.7. The van der Waals surface area contributed by atoms with E-state index in [4.69, 9.17) is 65.7 Å². The molecule has 3 aliphatic heterocycles. The van der Waals surface area contributed by atoms with Gasteiger partial charge in [0, 0.05) is 39.4 Å². The number of carbonyl (C=O) groups excluding carboxylic acids is 4. The van der Waals surface area contributed by atoms with Crippen molar-refractivity contribution < 1.29 is 110 Å². The second-order valence-corrected chi connectivity index (χ2v) is 49.1. The Morgan fingerprint density at radius 3 is 0.993 bits per heavy atom. The second-order valence-electron chi connectivity index (χ2n) is 39.6. The lowest BCUT2D eigenvalue weighted by Gasteiger charge is -2.58.